The fraction of sp³-hybridized carbons (Fsp3) is 0. The zero-order valence-electron chi connectivity index (χ0n) is 25.1. The molecule has 0 unspecified atom stereocenters. The molecule has 0 aliphatic rings. The summed E-state index contributed by atoms with van der Waals surface area (Å²) in [5, 5.41) is 9.61. The van der Waals surface area contributed by atoms with Gasteiger partial charge >= 0.3 is 0 Å². The van der Waals surface area contributed by atoms with Gasteiger partial charge in [0.15, 0.2) is 0 Å². The van der Waals surface area contributed by atoms with E-state index in [9.17, 15) is 0 Å². The molecule has 0 amide bonds. The Balaban J connectivity index is 1.14. The normalized spacial score (nSPS) is 11.0. The van der Waals surface area contributed by atoms with Crippen LogP contribution >= 0.6 is 0 Å². The smallest absolute Gasteiger partial charge is 0.114 e. The first kappa shape index (κ1) is 27.3. The molecule has 8 rings (SSSR count). The summed E-state index contributed by atoms with van der Waals surface area (Å²) in [5.74, 6) is 0. The van der Waals surface area contributed by atoms with Gasteiger partial charge in [0.1, 0.15) is 11.0 Å². The Bertz CT molecular complexity index is 2120. The standard InChI is InChI=1S/C42H30N4/c1-4-10-31(11-5-1)34-16-21-37(22-17-34)45(38-23-18-35(19-24-38)32-12-6-2-7-13-32)39-25-27-40(28-26-39)46-43-41-29-20-36(30-42(41)44-46)33-14-8-3-9-15-33/h1-30H. The van der Waals surface area contributed by atoms with Gasteiger partial charge in [0, 0.05) is 17.1 Å². The first-order chi connectivity index (χ1) is 22.8. The van der Waals surface area contributed by atoms with E-state index in [1.807, 2.05) is 24.3 Å². The highest BCUT2D eigenvalue weighted by Gasteiger charge is 2.14. The molecule has 0 fully saturated rings. The maximum Gasteiger partial charge on any atom is 0.114 e. The maximum absolute atomic E-state index is 4.83. The molecule has 0 atom stereocenters. The summed E-state index contributed by atoms with van der Waals surface area (Å²) in [4.78, 5) is 4.00. The van der Waals surface area contributed by atoms with Gasteiger partial charge in [-0.3, -0.25) is 0 Å². The van der Waals surface area contributed by atoms with E-state index in [4.69, 9.17) is 10.2 Å². The van der Waals surface area contributed by atoms with Crippen LogP contribution in [0.1, 0.15) is 0 Å². The van der Waals surface area contributed by atoms with Crippen LogP contribution in [0.5, 0.6) is 0 Å². The van der Waals surface area contributed by atoms with Crippen LogP contribution in [0.25, 0.3) is 50.1 Å². The van der Waals surface area contributed by atoms with Crippen molar-refractivity contribution in [3.05, 3.63) is 182 Å². The van der Waals surface area contributed by atoms with Crippen molar-refractivity contribution in [3.63, 3.8) is 0 Å². The van der Waals surface area contributed by atoms with Gasteiger partial charge in [-0.05, 0) is 94.0 Å². The van der Waals surface area contributed by atoms with Gasteiger partial charge in [0.2, 0.25) is 0 Å². The van der Waals surface area contributed by atoms with E-state index in [-0.39, 0.29) is 0 Å². The largest absolute Gasteiger partial charge is 0.311 e. The summed E-state index contributed by atoms with van der Waals surface area (Å²) >= 11 is 0. The second-order valence-corrected chi connectivity index (χ2v) is 11.2. The fourth-order valence-electron chi connectivity index (χ4n) is 5.89. The Kier molecular flexibility index (Phi) is 7.14. The van der Waals surface area contributed by atoms with Gasteiger partial charge in [-0.25, -0.2) is 0 Å². The lowest BCUT2D eigenvalue weighted by Gasteiger charge is -2.26. The SMILES string of the molecule is c1ccc(-c2ccc(N(c3ccc(-c4ccccc4)cc3)c3ccc(-n4nc5ccc(-c6ccccc6)cc5n4)cc3)cc2)cc1. The van der Waals surface area contributed by atoms with E-state index in [0.717, 1.165) is 44.9 Å². The third kappa shape index (κ3) is 5.44. The van der Waals surface area contributed by atoms with Crippen molar-refractivity contribution >= 4 is 28.1 Å². The number of anilines is 3. The Morgan fingerprint density at radius 3 is 1.17 bits per heavy atom. The lowest BCUT2D eigenvalue weighted by Crippen LogP contribution is -2.10. The summed E-state index contributed by atoms with van der Waals surface area (Å²) in [6.45, 7) is 0. The van der Waals surface area contributed by atoms with Crippen LogP contribution in [0.15, 0.2) is 182 Å². The number of fused-ring (bicyclic) bond motifs is 1. The molecule has 0 saturated carbocycles. The molecule has 0 bridgehead atoms. The monoisotopic (exact) mass is 590 g/mol. The quantitative estimate of drug-likeness (QED) is 0.185. The molecule has 4 heteroatoms. The number of benzene rings is 7. The van der Waals surface area contributed by atoms with Gasteiger partial charge in [-0.2, -0.15) is 4.80 Å². The molecular formula is C42H30N4. The first-order valence-corrected chi connectivity index (χ1v) is 15.4. The van der Waals surface area contributed by atoms with Crippen LogP contribution in [-0.4, -0.2) is 15.0 Å². The predicted molar refractivity (Wildman–Crippen MR) is 190 cm³/mol. The van der Waals surface area contributed by atoms with Gasteiger partial charge in [0.05, 0.1) is 5.69 Å². The molecule has 4 nitrogen and oxygen atoms in total. The molecule has 8 aromatic rings. The number of rotatable bonds is 7. The zero-order valence-corrected chi connectivity index (χ0v) is 25.1. The summed E-state index contributed by atoms with van der Waals surface area (Å²) in [7, 11) is 0. The van der Waals surface area contributed by atoms with Crippen LogP contribution in [0.4, 0.5) is 17.1 Å². The predicted octanol–water partition coefficient (Wildman–Crippen LogP) is 10.9. The Morgan fingerprint density at radius 1 is 0.326 bits per heavy atom. The Hall–Kier alpha value is -6.26. The van der Waals surface area contributed by atoms with E-state index in [1.165, 1.54) is 22.3 Å². The minimum atomic E-state index is 0.863. The zero-order chi connectivity index (χ0) is 30.7. The van der Waals surface area contributed by atoms with Crippen molar-refractivity contribution in [2.45, 2.75) is 0 Å². The Labute approximate surface area is 268 Å². The topological polar surface area (TPSA) is 34.0 Å². The number of nitrogens with zero attached hydrogens (tertiary/aromatic N) is 4. The lowest BCUT2D eigenvalue weighted by atomic mass is 10.0. The third-order valence-corrected chi connectivity index (χ3v) is 8.29. The first-order valence-electron chi connectivity index (χ1n) is 15.4. The van der Waals surface area contributed by atoms with E-state index in [1.54, 1.807) is 4.80 Å². The molecule has 1 heterocycles. The summed E-state index contributed by atoms with van der Waals surface area (Å²) in [6.07, 6.45) is 0. The van der Waals surface area contributed by atoms with Crippen molar-refractivity contribution in [1.82, 2.24) is 15.0 Å². The second kappa shape index (κ2) is 12.0. The molecule has 0 saturated heterocycles. The summed E-state index contributed by atoms with van der Waals surface area (Å²) < 4.78 is 0. The number of hydrogen-bond donors (Lipinski definition) is 0. The highest BCUT2D eigenvalue weighted by molar-refractivity contribution is 5.82. The number of aromatic nitrogens is 3. The molecule has 1 aromatic heterocycles. The molecule has 0 aliphatic carbocycles. The third-order valence-electron chi connectivity index (χ3n) is 8.29. The van der Waals surface area contributed by atoms with Crippen LogP contribution in [-0.2, 0) is 0 Å². The van der Waals surface area contributed by atoms with Gasteiger partial charge in [-0.1, -0.05) is 121 Å². The van der Waals surface area contributed by atoms with E-state index in [0.29, 0.717) is 0 Å². The number of hydrogen-bond acceptors (Lipinski definition) is 3. The second-order valence-electron chi connectivity index (χ2n) is 11.2. The van der Waals surface area contributed by atoms with Gasteiger partial charge in [0.25, 0.3) is 0 Å². The minimum Gasteiger partial charge on any atom is -0.311 e. The van der Waals surface area contributed by atoms with Crippen LogP contribution in [0.2, 0.25) is 0 Å². The molecule has 0 radical (unpaired) electrons. The van der Waals surface area contributed by atoms with Crippen molar-refractivity contribution in [2.75, 3.05) is 4.90 Å². The fourth-order valence-corrected chi connectivity index (χ4v) is 5.89. The summed E-state index contributed by atoms with van der Waals surface area (Å²) in [5.41, 5.74) is 12.9. The van der Waals surface area contributed by atoms with Crippen LogP contribution in [0.3, 0.4) is 0 Å². The van der Waals surface area contributed by atoms with Crippen molar-refractivity contribution < 1.29 is 0 Å². The lowest BCUT2D eigenvalue weighted by molar-refractivity contribution is 0.766. The van der Waals surface area contributed by atoms with Crippen LogP contribution < -0.4 is 4.90 Å². The highest BCUT2D eigenvalue weighted by Crippen LogP contribution is 2.37. The highest BCUT2D eigenvalue weighted by atomic mass is 15.5. The molecule has 0 aliphatic heterocycles. The Morgan fingerprint density at radius 2 is 0.696 bits per heavy atom. The summed E-state index contributed by atoms with van der Waals surface area (Å²) in [6, 6.07) is 63.5. The molecule has 7 aromatic carbocycles. The molecule has 218 valence electrons. The van der Waals surface area contributed by atoms with Gasteiger partial charge in [-0.15, -0.1) is 10.2 Å². The van der Waals surface area contributed by atoms with E-state index < -0.39 is 0 Å². The van der Waals surface area contributed by atoms with E-state index in [2.05, 4.69) is 163 Å². The van der Waals surface area contributed by atoms with E-state index >= 15 is 0 Å². The van der Waals surface area contributed by atoms with Crippen molar-refractivity contribution in [2.24, 2.45) is 0 Å². The van der Waals surface area contributed by atoms with Crippen molar-refractivity contribution in [1.29, 1.82) is 0 Å². The average Bonchev–Trinajstić information content (AvgIpc) is 3.58. The van der Waals surface area contributed by atoms with Gasteiger partial charge < -0.3 is 4.90 Å². The minimum absolute atomic E-state index is 0.863. The van der Waals surface area contributed by atoms with Crippen molar-refractivity contribution in [3.8, 4) is 39.1 Å². The maximum atomic E-state index is 4.83. The molecular weight excluding hydrogens is 560 g/mol. The molecule has 0 spiro atoms. The molecule has 46 heavy (non-hydrogen) atoms. The van der Waals surface area contributed by atoms with Crippen LogP contribution in [0, 0.1) is 0 Å². The molecule has 0 N–H and O–H groups in total. The average molecular weight is 591 g/mol.